The number of carbonyl (C=O) groups excluding carboxylic acids is 1. The minimum Gasteiger partial charge on any atom is -0.267 e. The van der Waals surface area contributed by atoms with Crippen molar-refractivity contribution in [2.75, 3.05) is 6.26 Å². The van der Waals surface area contributed by atoms with Crippen LogP contribution in [0.25, 0.3) is 0 Å². The van der Waals surface area contributed by atoms with E-state index in [1.807, 2.05) is 4.72 Å². The Morgan fingerprint density at radius 1 is 1.39 bits per heavy atom. The maximum absolute atomic E-state index is 11.8. The summed E-state index contributed by atoms with van der Waals surface area (Å²) in [6, 6.07) is 0. The Hall–Kier alpha value is -0.950. The summed E-state index contributed by atoms with van der Waals surface area (Å²) < 4.78 is 24.1. The molecule has 0 atom stereocenters. The van der Waals surface area contributed by atoms with Gasteiger partial charge in [-0.2, -0.15) is 0 Å². The second kappa shape index (κ2) is 4.97. The van der Waals surface area contributed by atoms with Gasteiger partial charge in [-0.05, 0) is 19.8 Å². The molecule has 5 nitrogen and oxygen atoms in total. The molecule has 0 aromatic carbocycles. The van der Waals surface area contributed by atoms with Crippen molar-refractivity contribution in [1.82, 2.24) is 9.71 Å². The number of sulfonamides is 1. The van der Waals surface area contributed by atoms with Gasteiger partial charge in [0.1, 0.15) is 4.88 Å². The van der Waals surface area contributed by atoms with Gasteiger partial charge in [0.15, 0.2) is 0 Å². The van der Waals surface area contributed by atoms with Crippen LogP contribution in [0.5, 0.6) is 0 Å². The monoisotopic (exact) mass is 288 g/mol. The SMILES string of the molecule is Cc1nc(C2CCCC2)sc1C(=O)NS(C)(=O)=O. The molecule has 0 saturated heterocycles. The van der Waals surface area contributed by atoms with Crippen molar-refractivity contribution in [3.63, 3.8) is 0 Å². The molecular formula is C11H16N2O3S2. The molecule has 0 aliphatic heterocycles. The molecule has 1 amide bonds. The van der Waals surface area contributed by atoms with Crippen LogP contribution in [-0.2, 0) is 10.0 Å². The molecule has 1 fully saturated rings. The quantitative estimate of drug-likeness (QED) is 0.920. The van der Waals surface area contributed by atoms with Gasteiger partial charge in [0, 0.05) is 5.92 Å². The number of rotatable bonds is 3. The average Bonchev–Trinajstić information content (AvgIpc) is 2.82. The Morgan fingerprint density at radius 3 is 2.56 bits per heavy atom. The van der Waals surface area contributed by atoms with E-state index < -0.39 is 15.9 Å². The maximum atomic E-state index is 11.8. The van der Waals surface area contributed by atoms with Crippen molar-refractivity contribution in [1.29, 1.82) is 0 Å². The van der Waals surface area contributed by atoms with E-state index in [4.69, 9.17) is 0 Å². The number of hydrogen-bond acceptors (Lipinski definition) is 5. The molecule has 1 aliphatic carbocycles. The van der Waals surface area contributed by atoms with Crippen molar-refractivity contribution in [2.24, 2.45) is 0 Å². The van der Waals surface area contributed by atoms with E-state index in [1.165, 1.54) is 24.2 Å². The standard InChI is InChI=1S/C11H16N2O3S2/c1-7-9(10(14)13-18(2,15)16)17-11(12-7)8-5-3-4-6-8/h8H,3-6H2,1-2H3,(H,13,14). The van der Waals surface area contributed by atoms with Gasteiger partial charge < -0.3 is 0 Å². The highest BCUT2D eigenvalue weighted by Crippen LogP contribution is 2.37. The summed E-state index contributed by atoms with van der Waals surface area (Å²) in [6.07, 6.45) is 5.60. The molecule has 0 bridgehead atoms. The smallest absolute Gasteiger partial charge is 0.267 e. The van der Waals surface area contributed by atoms with Crippen LogP contribution in [0.1, 0.15) is 52.0 Å². The van der Waals surface area contributed by atoms with Crippen molar-refractivity contribution < 1.29 is 13.2 Å². The van der Waals surface area contributed by atoms with Crippen LogP contribution in [-0.4, -0.2) is 25.6 Å². The second-order valence-corrected chi connectivity index (χ2v) is 7.43. The minimum atomic E-state index is -3.52. The van der Waals surface area contributed by atoms with Crippen molar-refractivity contribution in [2.45, 2.75) is 38.5 Å². The zero-order valence-corrected chi connectivity index (χ0v) is 12.0. The van der Waals surface area contributed by atoms with Crippen molar-refractivity contribution in [3.05, 3.63) is 15.6 Å². The molecule has 1 heterocycles. The van der Waals surface area contributed by atoms with Gasteiger partial charge in [0.05, 0.1) is 17.0 Å². The van der Waals surface area contributed by atoms with Crippen LogP contribution in [0.2, 0.25) is 0 Å². The summed E-state index contributed by atoms with van der Waals surface area (Å²) in [6.45, 7) is 1.74. The van der Waals surface area contributed by atoms with Gasteiger partial charge in [-0.25, -0.2) is 18.1 Å². The normalized spacial score (nSPS) is 17.0. The topological polar surface area (TPSA) is 76.1 Å². The van der Waals surface area contributed by atoms with E-state index in [0.717, 1.165) is 24.1 Å². The molecule has 7 heteroatoms. The Balaban J connectivity index is 2.21. The Kier molecular flexibility index (Phi) is 3.72. The summed E-state index contributed by atoms with van der Waals surface area (Å²) >= 11 is 1.32. The third-order valence-electron chi connectivity index (χ3n) is 3.00. The Bertz CT molecular complexity index is 557. The summed E-state index contributed by atoms with van der Waals surface area (Å²) in [5.74, 6) is -0.134. The third kappa shape index (κ3) is 3.08. The van der Waals surface area contributed by atoms with Gasteiger partial charge in [0.25, 0.3) is 5.91 Å². The summed E-state index contributed by atoms with van der Waals surface area (Å²) in [4.78, 5) is 16.6. The van der Waals surface area contributed by atoms with E-state index in [2.05, 4.69) is 4.98 Å². The van der Waals surface area contributed by atoms with Crippen LogP contribution in [0.4, 0.5) is 0 Å². The van der Waals surface area contributed by atoms with Crippen LogP contribution in [0, 0.1) is 6.92 Å². The fourth-order valence-electron chi connectivity index (χ4n) is 2.19. The number of nitrogens with one attached hydrogen (secondary N) is 1. The largest absolute Gasteiger partial charge is 0.276 e. The predicted octanol–water partition coefficient (Wildman–Crippen LogP) is 1.80. The van der Waals surface area contributed by atoms with Crippen LogP contribution >= 0.6 is 11.3 Å². The van der Waals surface area contributed by atoms with Gasteiger partial charge >= 0.3 is 0 Å². The molecule has 1 saturated carbocycles. The molecule has 0 spiro atoms. The number of hydrogen-bond donors (Lipinski definition) is 1. The first-order chi connectivity index (χ1) is 8.37. The second-order valence-electron chi connectivity index (χ2n) is 4.65. The third-order valence-corrected chi connectivity index (χ3v) is 4.88. The van der Waals surface area contributed by atoms with Crippen LogP contribution in [0.15, 0.2) is 0 Å². The van der Waals surface area contributed by atoms with E-state index in [0.29, 0.717) is 16.5 Å². The molecule has 1 aliphatic rings. The number of carbonyl (C=O) groups is 1. The fraction of sp³-hybridized carbons (Fsp3) is 0.636. The van der Waals surface area contributed by atoms with Crippen molar-refractivity contribution in [3.8, 4) is 0 Å². The number of aryl methyl sites for hydroxylation is 1. The number of nitrogens with zero attached hydrogens (tertiary/aromatic N) is 1. The number of amides is 1. The Labute approximate surface area is 111 Å². The highest BCUT2D eigenvalue weighted by molar-refractivity contribution is 7.89. The number of thiazole rings is 1. The maximum Gasteiger partial charge on any atom is 0.276 e. The van der Waals surface area contributed by atoms with E-state index >= 15 is 0 Å². The first kappa shape index (κ1) is 13.5. The van der Waals surface area contributed by atoms with Gasteiger partial charge in [-0.15, -0.1) is 11.3 Å². The lowest BCUT2D eigenvalue weighted by Gasteiger charge is -2.02. The molecule has 1 aromatic heterocycles. The highest BCUT2D eigenvalue weighted by atomic mass is 32.2. The zero-order valence-electron chi connectivity index (χ0n) is 10.4. The van der Waals surface area contributed by atoms with Crippen molar-refractivity contribution >= 4 is 27.3 Å². The summed E-state index contributed by atoms with van der Waals surface area (Å²) in [5.41, 5.74) is 0.614. The van der Waals surface area contributed by atoms with E-state index in [1.54, 1.807) is 6.92 Å². The first-order valence-electron chi connectivity index (χ1n) is 5.86. The molecule has 0 unspecified atom stereocenters. The molecule has 0 radical (unpaired) electrons. The van der Waals surface area contributed by atoms with Crippen LogP contribution < -0.4 is 4.72 Å². The lowest BCUT2D eigenvalue weighted by atomic mass is 10.1. The predicted molar refractivity (Wildman–Crippen MR) is 70.4 cm³/mol. The summed E-state index contributed by atoms with van der Waals surface area (Å²) in [5, 5.41) is 0.962. The van der Waals surface area contributed by atoms with Gasteiger partial charge in [-0.3, -0.25) is 4.79 Å². The summed E-state index contributed by atoms with van der Waals surface area (Å²) in [7, 11) is -3.52. The average molecular weight is 288 g/mol. The lowest BCUT2D eigenvalue weighted by Crippen LogP contribution is -2.29. The van der Waals surface area contributed by atoms with E-state index in [9.17, 15) is 13.2 Å². The highest BCUT2D eigenvalue weighted by Gasteiger charge is 2.24. The van der Waals surface area contributed by atoms with Gasteiger partial charge in [-0.1, -0.05) is 12.8 Å². The fourth-order valence-corrected chi connectivity index (χ4v) is 3.82. The van der Waals surface area contributed by atoms with E-state index in [-0.39, 0.29) is 0 Å². The van der Waals surface area contributed by atoms with Gasteiger partial charge in [0.2, 0.25) is 10.0 Å². The molecule has 100 valence electrons. The molecule has 18 heavy (non-hydrogen) atoms. The molecular weight excluding hydrogens is 272 g/mol. The van der Waals surface area contributed by atoms with Crippen LogP contribution in [0.3, 0.4) is 0 Å². The molecule has 1 N–H and O–H groups in total. The zero-order chi connectivity index (χ0) is 13.3. The molecule has 1 aromatic rings. The Morgan fingerprint density at radius 2 is 2.00 bits per heavy atom. The molecule has 2 rings (SSSR count). The number of aromatic nitrogens is 1. The first-order valence-corrected chi connectivity index (χ1v) is 8.57. The lowest BCUT2D eigenvalue weighted by molar-refractivity contribution is 0.0985. The minimum absolute atomic E-state index is 0.405.